The summed E-state index contributed by atoms with van der Waals surface area (Å²) in [4.78, 5) is 18.3. The summed E-state index contributed by atoms with van der Waals surface area (Å²) in [6.45, 7) is 3.90. The molecule has 2 aromatic rings. The lowest BCUT2D eigenvalue weighted by Gasteiger charge is -2.18. The van der Waals surface area contributed by atoms with Crippen molar-refractivity contribution in [3.05, 3.63) is 42.4 Å². The molecule has 1 aromatic heterocycles. The Morgan fingerprint density at radius 3 is 2.58 bits per heavy atom. The number of carboxylic acid groups (broad SMARTS) is 1. The Morgan fingerprint density at radius 1 is 1.32 bits per heavy atom. The molecule has 0 radical (unpaired) electrons. The van der Waals surface area contributed by atoms with E-state index in [2.05, 4.69) is 15.3 Å². The Hall–Kier alpha value is -2.30. The highest BCUT2D eigenvalue weighted by atomic mass is 16.4. The number of benzene rings is 1. The fourth-order valence-electron chi connectivity index (χ4n) is 1.94. The van der Waals surface area contributed by atoms with Gasteiger partial charge in [-0.25, -0.2) is 9.78 Å². The van der Waals surface area contributed by atoms with Crippen LogP contribution >= 0.6 is 0 Å². The van der Waals surface area contributed by atoms with Crippen LogP contribution in [0.2, 0.25) is 0 Å². The molecule has 2 rings (SSSR count). The highest BCUT2D eigenvalue weighted by Crippen LogP contribution is 2.23. The summed E-state index contributed by atoms with van der Waals surface area (Å²) in [6.07, 6.45) is 0.681. The Balaban J connectivity index is 2.26. The number of imidazole rings is 1. The van der Waals surface area contributed by atoms with Crippen molar-refractivity contribution in [1.29, 1.82) is 0 Å². The van der Waals surface area contributed by atoms with Gasteiger partial charge in [-0.15, -0.1) is 0 Å². The molecule has 1 atom stereocenters. The van der Waals surface area contributed by atoms with E-state index >= 15 is 0 Å². The molecular formula is C14H17N3O2. The molecule has 0 saturated heterocycles. The largest absolute Gasteiger partial charge is 0.465 e. The zero-order valence-electron chi connectivity index (χ0n) is 10.9. The maximum atomic E-state index is 10.8. The van der Waals surface area contributed by atoms with Gasteiger partial charge in [-0.3, -0.25) is 0 Å². The number of rotatable bonds is 4. The number of nitrogens with one attached hydrogen (secondary N) is 2. The number of aromatic nitrogens is 2. The van der Waals surface area contributed by atoms with E-state index in [4.69, 9.17) is 5.11 Å². The molecule has 1 amide bonds. The van der Waals surface area contributed by atoms with Gasteiger partial charge in [-0.2, -0.15) is 0 Å². The van der Waals surface area contributed by atoms with Gasteiger partial charge in [0.05, 0.1) is 17.9 Å². The second kappa shape index (κ2) is 5.56. The van der Waals surface area contributed by atoms with Crippen molar-refractivity contribution < 1.29 is 9.90 Å². The molecule has 0 aliphatic carbocycles. The van der Waals surface area contributed by atoms with Crippen LogP contribution in [0.4, 0.5) is 4.79 Å². The average Bonchev–Trinajstić information content (AvgIpc) is 2.86. The minimum Gasteiger partial charge on any atom is -0.465 e. The van der Waals surface area contributed by atoms with Gasteiger partial charge < -0.3 is 15.4 Å². The molecule has 0 aliphatic heterocycles. The summed E-state index contributed by atoms with van der Waals surface area (Å²) in [7, 11) is 0. The molecule has 0 aliphatic rings. The Labute approximate surface area is 111 Å². The fraction of sp³-hybridized carbons (Fsp3) is 0.286. The van der Waals surface area contributed by atoms with Crippen LogP contribution in [0.25, 0.3) is 11.3 Å². The van der Waals surface area contributed by atoms with Crippen molar-refractivity contribution in [1.82, 2.24) is 15.3 Å². The molecule has 5 nitrogen and oxygen atoms in total. The van der Waals surface area contributed by atoms with Gasteiger partial charge in [0, 0.05) is 0 Å². The predicted molar refractivity (Wildman–Crippen MR) is 72.8 cm³/mol. The summed E-state index contributed by atoms with van der Waals surface area (Å²) in [5, 5.41) is 11.3. The molecule has 100 valence electrons. The first-order valence-electron chi connectivity index (χ1n) is 6.17. The number of hydrogen-bond acceptors (Lipinski definition) is 2. The van der Waals surface area contributed by atoms with E-state index in [0.717, 1.165) is 11.3 Å². The number of amides is 1. The monoisotopic (exact) mass is 259 g/mol. The standard InChI is InChI=1S/C14H17N3O2/c1-9(2)12(17-14(18)19)13-15-8-11(16-13)10-6-4-3-5-7-10/h3-9,12,17H,1-2H3,(H,15,16)(H,18,19)/t12-/m0/s1. The van der Waals surface area contributed by atoms with Gasteiger partial charge in [0.1, 0.15) is 5.82 Å². The molecule has 0 unspecified atom stereocenters. The average molecular weight is 259 g/mol. The molecule has 5 heteroatoms. The molecule has 1 heterocycles. The topological polar surface area (TPSA) is 78.0 Å². The van der Waals surface area contributed by atoms with Crippen LogP contribution < -0.4 is 5.32 Å². The molecule has 0 bridgehead atoms. The molecular weight excluding hydrogens is 242 g/mol. The maximum absolute atomic E-state index is 10.8. The number of carbonyl (C=O) groups is 1. The summed E-state index contributed by atoms with van der Waals surface area (Å²) in [6, 6.07) is 9.47. The van der Waals surface area contributed by atoms with E-state index in [1.54, 1.807) is 6.20 Å². The highest BCUT2D eigenvalue weighted by molar-refractivity contribution is 5.65. The maximum Gasteiger partial charge on any atom is 0.405 e. The minimum absolute atomic E-state index is 0.117. The van der Waals surface area contributed by atoms with Crippen LogP contribution in [0.1, 0.15) is 25.7 Å². The van der Waals surface area contributed by atoms with E-state index in [1.165, 1.54) is 0 Å². The SMILES string of the molecule is CC(C)[C@H](NC(=O)O)c1ncc(-c2ccccc2)[nH]1. The third-order valence-corrected chi connectivity index (χ3v) is 2.92. The second-order valence-corrected chi connectivity index (χ2v) is 4.72. The van der Waals surface area contributed by atoms with Crippen molar-refractivity contribution in [3.63, 3.8) is 0 Å². The number of H-pyrrole nitrogens is 1. The molecule has 19 heavy (non-hydrogen) atoms. The van der Waals surface area contributed by atoms with Crippen LogP contribution in [0.15, 0.2) is 36.5 Å². The smallest absolute Gasteiger partial charge is 0.405 e. The zero-order valence-corrected chi connectivity index (χ0v) is 10.9. The molecule has 3 N–H and O–H groups in total. The third kappa shape index (κ3) is 3.13. The predicted octanol–water partition coefficient (Wildman–Crippen LogP) is 3.04. The van der Waals surface area contributed by atoms with Gasteiger partial charge in [0.15, 0.2) is 0 Å². The van der Waals surface area contributed by atoms with E-state index in [0.29, 0.717) is 5.82 Å². The van der Waals surface area contributed by atoms with Crippen LogP contribution in [0, 0.1) is 5.92 Å². The van der Waals surface area contributed by atoms with Gasteiger partial charge >= 0.3 is 6.09 Å². The molecule has 0 saturated carbocycles. The summed E-state index contributed by atoms with van der Waals surface area (Å²) < 4.78 is 0. The van der Waals surface area contributed by atoms with Crippen LogP contribution in [0.3, 0.4) is 0 Å². The first-order valence-corrected chi connectivity index (χ1v) is 6.17. The first-order chi connectivity index (χ1) is 9.08. The highest BCUT2D eigenvalue weighted by Gasteiger charge is 2.21. The number of nitrogens with zero attached hydrogens (tertiary/aromatic N) is 1. The Morgan fingerprint density at radius 2 is 2.00 bits per heavy atom. The van der Waals surface area contributed by atoms with Crippen molar-refractivity contribution in [2.45, 2.75) is 19.9 Å². The second-order valence-electron chi connectivity index (χ2n) is 4.72. The van der Waals surface area contributed by atoms with Crippen molar-refractivity contribution >= 4 is 6.09 Å². The van der Waals surface area contributed by atoms with E-state index < -0.39 is 6.09 Å². The van der Waals surface area contributed by atoms with Gasteiger partial charge in [-0.1, -0.05) is 44.2 Å². The van der Waals surface area contributed by atoms with Crippen molar-refractivity contribution in [2.24, 2.45) is 5.92 Å². The summed E-state index contributed by atoms with van der Waals surface area (Å²) in [5.74, 6) is 0.752. The molecule has 0 fully saturated rings. The zero-order chi connectivity index (χ0) is 13.8. The first kappa shape index (κ1) is 13.1. The van der Waals surface area contributed by atoms with Crippen LogP contribution in [-0.2, 0) is 0 Å². The van der Waals surface area contributed by atoms with Crippen molar-refractivity contribution in [2.75, 3.05) is 0 Å². The lowest BCUT2D eigenvalue weighted by molar-refractivity contribution is 0.185. The van der Waals surface area contributed by atoms with E-state index in [1.807, 2.05) is 44.2 Å². The van der Waals surface area contributed by atoms with Crippen LogP contribution in [0.5, 0.6) is 0 Å². The fourth-order valence-corrected chi connectivity index (χ4v) is 1.94. The van der Waals surface area contributed by atoms with Crippen molar-refractivity contribution in [3.8, 4) is 11.3 Å². The van der Waals surface area contributed by atoms with E-state index in [9.17, 15) is 4.79 Å². The molecule has 1 aromatic carbocycles. The lowest BCUT2D eigenvalue weighted by Crippen LogP contribution is -2.31. The van der Waals surface area contributed by atoms with Gasteiger partial charge in [-0.05, 0) is 11.5 Å². The number of aromatic amines is 1. The minimum atomic E-state index is -1.05. The quantitative estimate of drug-likeness (QED) is 0.789. The normalized spacial score (nSPS) is 12.4. The Kier molecular flexibility index (Phi) is 3.85. The van der Waals surface area contributed by atoms with Gasteiger partial charge in [0.2, 0.25) is 0 Å². The van der Waals surface area contributed by atoms with Gasteiger partial charge in [0.25, 0.3) is 0 Å². The summed E-state index contributed by atoms with van der Waals surface area (Å²) >= 11 is 0. The third-order valence-electron chi connectivity index (χ3n) is 2.92. The van der Waals surface area contributed by atoms with E-state index in [-0.39, 0.29) is 12.0 Å². The number of hydrogen-bond donors (Lipinski definition) is 3. The Bertz CT molecular complexity index is 549. The molecule has 0 spiro atoms. The van der Waals surface area contributed by atoms with Crippen LogP contribution in [-0.4, -0.2) is 21.2 Å². The lowest BCUT2D eigenvalue weighted by atomic mass is 10.0. The summed E-state index contributed by atoms with van der Waals surface area (Å²) in [5.41, 5.74) is 1.91.